The maximum atomic E-state index is 13.3. The average molecular weight is 490 g/mol. The monoisotopic (exact) mass is 489 g/mol. The molecule has 0 spiro atoms. The first-order chi connectivity index (χ1) is 17.4. The predicted octanol–water partition coefficient (Wildman–Crippen LogP) is 8.04. The van der Waals surface area contributed by atoms with E-state index in [1.54, 1.807) is 0 Å². The Labute approximate surface area is 212 Å². The molecule has 188 valence electrons. The highest BCUT2D eigenvalue weighted by Gasteiger charge is 2.03. The summed E-state index contributed by atoms with van der Waals surface area (Å²) in [7, 11) is 0. The minimum absolute atomic E-state index is 0.181. The highest BCUT2D eigenvalue weighted by molar-refractivity contribution is 5.44. The van der Waals surface area contributed by atoms with E-state index in [0.717, 1.165) is 29.7 Å². The van der Waals surface area contributed by atoms with E-state index in [1.807, 2.05) is 49.4 Å². The van der Waals surface area contributed by atoms with Gasteiger partial charge in [-0.25, -0.2) is 8.78 Å². The van der Waals surface area contributed by atoms with Crippen LogP contribution in [0.1, 0.15) is 28.7 Å². The number of ether oxygens (including phenoxy) is 2. The van der Waals surface area contributed by atoms with E-state index >= 15 is 0 Å². The molecule has 3 nitrogen and oxygen atoms in total. The molecule has 0 aliphatic heterocycles. The number of halogens is 2. The van der Waals surface area contributed by atoms with Crippen molar-refractivity contribution in [1.29, 1.82) is 0 Å². The van der Waals surface area contributed by atoms with Crippen LogP contribution in [-0.2, 0) is 6.61 Å². The van der Waals surface area contributed by atoms with E-state index in [-0.39, 0.29) is 5.69 Å². The van der Waals surface area contributed by atoms with Crippen LogP contribution >= 0.6 is 0 Å². The van der Waals surface area contributed by atoms with Gasteiger partial charge in [0.15, 0.2) is 0 Å². The first-order valence-electron chi connectivity index (χ1n) is 12.0. The normalized spacial score (nSPS) is 10.2. The van der Waals surface area contributed by atoms with Gasteiger partial charge in [-0.2, -0.15) is 0 Å². The summed E-state index contributed by atoms with van der Waals surface area (Å²) in [6.07, 6.45) is 0.698. The summed E-state index contributed by atoms with van der Waals surface area (Å²) in [5.41, 5.74) is 5.02. The molecule has 5 heteroatoms. The number of benzene rings is 4. The van der Waals surface area contributed by atoms with Gasteiger partial charge in [-0.1, -0.05) is 65.7 Å². The van der Waals surface area contributed by atoms with Crippen molar-refractivity contribution in [2.75, 3.05) is 18.5 Å². The Hall–Kier alpha value is -3.86. The maximum absolute atomic E-state index is 13.3. The molecule has 0 atom stereocenters. The SMILES string of the molecule is Cc1ccc(COc2ccccc2C)cc1.Cc1ccc(OCCCNc2cc(F)ccc2F)cc1. The molecular formula is C31H33F2NO2. The second-order valence-corrected chi connectivity index (χ2v) is 8.61. The number of aryl methyl sites for hydroxylation is 3. The van der Waals surface area contributed by atoms with Gasteiger partial charge in [0, 0.05) is 6.54 Å². The molecule has 0 radical (unpaired) electrons. The van der Waals surface area contributed by atoms with E-state index in [1.165, 1.54) is 22.3 Å². The molecule has 0 bridgehead atoms. The molecule has 0 saturated heterocycles. The molecule has 0 aliphatic carbocycles. The Morgan fingerprint density at radius 2 is 1.39 bits per heavy atom. The van der Waals surface area contributed by atoms with Gasteiger partial charge in [0.2, 0.25) is 0 Å². The van der Waals surface area contributed by atoms with Gasteiger partial charge in [-0.15, -0.1) is 0 Å². The lowest BCUT2D eigenvalue weighted by Crippen LogP contribution is -2.08. The Morgan fingerprint density at radius 3 is 2.08 bits per heavy atom. The number of anilines is 1. The molecule has 0 unspecified atom stereocenters. The molecule has 4 aromatic rings. The van der Waals surface area contributed by atoms with Gasteiger partial charge in [0.05, 0.1) is 12.3 Å². The van der Waals surface area contributed by atoms with Crippen molar-refractivity contribution in [3.05, 3.63) is 125 Å². The van der Waals surface area contributed by atoms with Gasteiger partial charge in [0.25, 0.3) is 0 Å². The van der Waals surface area contributed by atoms with Gasteiger partial charge in [-0.05, 0) is 74.7 Å². The Balaban J connectivity index is 0.000000205. The Bertz CT molecular complexity index is 1210. The maximum Gasteiger partial charge on any atom is 0.146 e. The highest BCUT2D eigenvalue weighted by Crippen LogP contribution is 2.18. The molecule has 0 aliphatic rings. The highest BCUT2D eigenvalue weighted by atomic mass is 19.1. The Morgan fingerprint density at radius 1 is 0.722 bits per heavy atom. The van der Waals surface area contributed by atoms with Crippen LogP contribution in [0.3, 0.4) is 0 Å². The average Bonchev–Trinajstić information content (AvgIpc) is 2.88. The summed E-state index contributed by atoms with van der Waals surface area (Å²) in [4.78, 5) is 0. The van der Waals surface area contributed by atoms with Crippen molar-refractivity contribution in [2.45, 2.75) is 33.8 Å². The fourth-order valence-electron chi connectivity index (χ4n) is 3.32. The van der Waals surface area contributed by atoms with Crippen LogP contribution in [0.15, 0.2) is 91.0 Å². The number of para-hydroxylation sites is 1. The van der Waals surface area contributed by atoms with E-state index < -0.39 is 11.6 Å². The molecule has 36 heavy (non-hydrogen) atoms. The third-order valence-corrected chi connectivity index (χ3v) is 5.46. The van der Waals surface area contributed by atoms with Crippen molar-refractivity contribution < 1.29 is 18.3 Å². The fourth-order valence-corrected chi connectivity index (χ4v) is 3.32. The second kappa shape index (κ2) is 13.9. The van der Waals surface area contributed by atoms with Crippen LogP contribution < -0.4 is 14.8 Å². The fraction of sp³-hybridized carbons (Fsp3) is 0.226. The Kier molecular flexibility index (Phi) is 10.3. The van der Waals surface area contributed by atoms with Crippen LogP contribution in [0.4, 0.5) is 14.5 Å². The molecule has 0 fully saturated rings. The minimum Gasteiger partial charge on any atom is -0.494 e. The van der Waals surface area contributed by atoms with Crippen LogP contribution in [-0.4, -0.2) is 13.2 Å². The van der Waals surface area contributed by atoms with E-state index in [4.69, 9.17) is 9.47 Å². The molecule has 0 heterocycles. The summed E-state index contributed by atoms with van der Waals surface area (Å²) in [6, 6.07) is 27.7. The van der Waals surface area contributed by atoms with Gasteiger partial charge in [0.1, 0.15) is 29.7 Å². The lowest BCUT2D eigenvalue weighted by atomic mass is 10.2. The second-order valence-electron chi connectivity index (χ2n) is 8.61. The molecular weight excluding hydrogens is 456 g/mol. The quantitative estimate of drug-likeness (QED) is 0.241. The zero-order chi connectivity index (χ0) is 25.8. The van der Waals surface area contributed by atoms with Crippen LogP contribution in [0.5, 0.6) is 11.5 Å². The summed E-state index contributed by atoms with van der Waals surface area (Å²) in [5.74, 6) is 0.867. The summed E-state index contributed by atoms with van der Waals surface area (Å²) in [5, 5.41) is 2.85. The molecule has 0 saturated carbocycles. The summed E-state index contributed by atoms with van der Waals surface area (Å²) < 4.78 is 37.6. The number of rotatable bonds is 9. The summed E-state index contributed by atoms with van der Waals surface area (Å²) in [6.45, 7) is 7.84. The summed E-state index contributed by atoms with van der Waals surface area (Å²) >= 11 is 0. The number of hydrogen-bond acceptors (Lipinski definition) is 3. The molecule has 0 amide bonds. The molecule has 0 aromatic heterocycles. The topological polar surface area (TPSA) is 30.5 Å². The van der Waals surface area contributed by atoms with Crippen molar-refractivity contribution in [3.63, 3.8) is 0 Å². The van der Waals surface area contributed by atoms with Crippen LogP contribution in [0.25, 0.3) is 0 Å². The van der Waals surface area contributed by atoms with Gasteiger partial charge < -0.3 is 14.8 Å². The predicted molar refractivity (Wildman–Crippen MR) is 143 cm³/mol. The van der Waals surface area contributed by atoms with Gasteiger partial charge >= 0.3 is 0 Å². The third kappa shape index (κ3) is 9.06. The number of nitrogens with one attached hydrogen (secondary N) is 1. The van der Waals surface area contributed by atoms with Crippen LogP contribution in [0, 0.1) is 32.4 Å². The third-order valence-electron chi connectivity index (χ3n) is 5.46. The van der Waals surface area contributed by atoms with E-state index in [0.29, 0.717) is 26.2 Å². The van der Waals surface area contributed by atoms with Crippen LogP contribution in [0.2, 0.25) is 0 Å². The largest absolute Gasteiger partial charge is 0.494 e. The number of hydrogen-bond donors (Lipinski definition) is 1. The zero-order valence-corrected chi connectivity index (χ0v) is 21.1. The van der Waals surface area contributed by atoms with Crippen molar-refractivity contribution in [3.8, 4) is 11.5 Å². The zero-order valence-electron chi connectivity index (χ0n) is 21.1. The minimum atomic E-state index is -0.454. The molecule has 4 aromatic carbocycles. The standard InChI is InChI=1S/C16H17F2NO.C15H16O/c1-12-3-6-14(7-4-12)20-10-2-9-19-16-11-13(17)5-8-15(16)18;1-12-7-9-14(10-8-12)11-16-15-6-4-3-5-13(15)2/h3-8,11,19H,2,9-10H2,1H3;3-10H,11H2,1-2H3. The van der Waals surface area contributed by atoms with Crippen molar-refractivity contribution in [2.24, 2.45) is 0 Å². The van der Waals surface area contributed by atoms with Crippen molar-refractivity contribution >= 4 is 5.69 Å². The first kappa shape index (κ1) is 26.7. The van der Waals surface area contributed by atoms with E-state index in [2.05, 4.69) is 49.5 Å². The lowest BCUT2D eigenvalue weighted by molar-refractivity contribution is 0.304. The lowest BCUT2D eigenvalue weighted by Gasteiger charge is -2.09. The first-order valence-corrected chi connectivity index (χ1v) is 12.0. The molecule has 4 rings (SSSR count). The van der Waals surface area contributed by atoms with Gasteiger partial charge in [-0.3, -0.25) is 0 Å². The van der Waals surface area contributed by atoms with Crippen molar-refractivity contribution in [1.82, 2.24) is 0 Å². The smallest absolute Gasteiger partial charge is 0.146 e. The van der Waals surface area contributed by atoms with E-state index in [9.17, 15) is 8.78 Å². The molecule has 1 N–H and O–H groups in total.